The lowest BCUT2D eigenvalue weighted by atomic mass is 9.82. The monoisotopic (exact) mass is 486 g/mol. The van der Waals surface area contributed by atoms with Gasteiger partial charge in [-0.1, -0.05) is 0 Å². The van der Waals surface area contributed by atoms with E-state index in [4.69, 9.17) is 5.73 Å². The second-order valence-electron chi connectivity index (χ2n) is 8.45. The maximum absolute atomic E-state index is 15.4. The lowest BCUT2D eigenvalue weighted by Crippen LogP contribution is -2.44. The van der Waals surface area contributed by atoms with Crippen molar-refractivity contribution in [2.24, 2.45) is 10.7 Å². The first kappa shape index (κ1) is 25.5. The number of nitrogens with one attached hydrogen (secondary N) is 1. The molecule has 1 aliphatic heterocycles. The molecule has 2 heterocycles. The Bertz CT molecular complexity index is 1070. The van der Waals surface area contributed by atoms with Crippen LogP contribution in [0, 0.1) is 11.6 Å². The summed E-state index contributed by atoms with van der Waals surface area (Å²) >= 11 is 0. The molecule has 0 saturated carbocycles. The summed E-state index contributed by atoms with van der Waals surface area (Å²) in [5.41, 5.74) is 2.37. The van der Waals surface area contributed by atoms with Gasteiger partial charge in [-0.05, 0) is 50.1 Å². The van der Waals surface area contributed by atoms with Gasteiger partial charge < -0.3 is 11.1 Å². The Balaban J connectivity index is 2.02. The number of pyridine rings is 1. The van der Waals surface area contributed by atoms with E-state index in [0.29, 0.717) is 0 Å². The van der Waals surface area contributed by atoms with Crippen molar-refractivity contribution < 1.29 is 31.1 Å². The van der Waals surface area contributed by atoms with E-state index in [1.54, 1.807) is 0 Å². The van der Waals surface area contributed by atoms with Gasteiger partial charge in [0.05, 0.1) is 12.0 Å². The molecule has 0 radical (unpaired) electrons. The molecule has 1 aromatic heterocycles. The van der Waals surface area contributed by atoms with Gasteiger partial charge in [0.15, 0.2) is 5.54 Å². The summed E-state index contributed by atoms with van der Waals surface area (Å²) in [5, 5.41) is 2.38. The van der Waals surface area contributed by atoms with Crippen LogP contribution in [0.3, 0.4) is 0 Å². The number of hydrogen-bond donors (Lipinski definition) is 2. The first-order valence-electron chi connectivity index (χ1n) is 10.7. The molecule has 0 saturated heterocycles. The molecule has 1 unspecified atom stereocenters. The number of hydrogen-bond acceptors (Lipinski definition) is 4. The molecule has 0 fully saturated rings. The first-order chi connectivity index (χ1) is 15.8. The Kier molecular flexibility index (Phi) is 7.23. The minimum atomic E-state index is -3.90. The predicted octanol–water partition coefficient (Wildman–Crippen LogP) is 5.81. The summed E-state index contributed by atoms with van der Waals surface area (Å²) in [6.45, 7) is 0.932. The van der Waals surface area contributed by atoms with Crippen molar-refractivity contribution in [1.29, 1.82) is 0 Å². The molecule has 0 aliphatic carbocycles. The Morgan fingerprint density at radius 2 is 1.76 bits per heavy atom. The average molecular weight is 486 g/mol. The van der Waals surface area contributed by atoms with Crippen LogP contribution in [0.4, 0.5) is 32.0 Å². The van der Waals surface area contributed by atoms with Crippen LogP contribution < -0.4 is 11.1 Å². The lowest BCUT2D eigenvalue weighted by molar-refractivity contribution is -0.106. The number of halogens is 6. The van der Waals surface area contributed by atoms with Crippen LogP contribution in [0.2, 0.25) is 0 Å². The van der Waals surface area contributed by atoms with E-state index in [2.05, 4.69) is 15.3 Å². The number of rotatable bonds is 3. The van der Waals surface area contributed by atoms with Crippen molar-refractivity contribution >= 4 is 17.4 Å². The Hall–Kier alpha value is -3.11. The fraction of sp³-hybridized carbons (Fsp3) is 0.435. The third-order valence-electron chi connectivity index (χ3n) is 5.82. The fourth-order valence-corrected chi connectivity index (χ4v) is 3.76. The van der Waals surface area contributed by atoms with Gasteiger partial charge in [-0.3, -0.25) is 9.79 Å². The molecule has 0 bridgehead atoms. The highest BCUT2D eigenvalue weighted by atomic mass is 19.3. The van der Waals surface area contributed by atoms with Crippen LogP contribution >= 0.6 is 0 Å². The Morgan fingerprint density at radius 3 is 2.44 bits per heavy atom. The lowest BCUT2D eigenvalue weighted by Gasteiger charge is -2.36. The number of anilines is 1. The first-order valence-corrected chi connectivity index (χ1v) is 10.7. The highest BCUT2D eigenvalue weighted by Crippen LogP contribution is 2.47. The van der Waals surface area contributed by atoms with E-state index in [0.717, 1.165) is 43.5 Å². The van der Waals surface area contributed by atoms with E-state index >= 15 is 8.78 Å². The number of nitrogens with zero attached hydrogens (tertiary/aromatic N) is 2. The van der Waals surface area contributed by atoms with Gasteiger partial charge in [0.1, 0.15) is 17.3 Å². The SMILES string of the molecule is CC1(c2cc(NC(=O)c3ccc(F)cn3)ccc2F)/N=C(/N)CCCCC(F)(F)CCC1(F)F. The number of alkyl halides is 4. The normalized spacial score (nSPS) is 24.4. The quantitative estimate of drug-likeness (QED) is 0.538. The number of amides is 1. The van der Waals surface area contributed by atoms with Crippen LogP contribution in [-0.4, -0.2) is 28.6 Å². The maximum Gasteiger partial charge on any atom is 0.276 e. The van der Waals surface area contributed by atoms with Crippen molar-refractivity contribution in [3.63, 3.8) is 0 Å². The summed E-state index contributed by atoms with van der Waals surface area (Å²) in [5.74, 6) is -9.94. The smallest absolute Gasteiger partial charge is 0.276 e. The molecular formula is C23H24F6N4O. The number of carbonyl (C=O) groups excluding carboxylic acids is 1. The molecule has 3 rings (SSSR count). The molecule has 11 heteroatoms. The average Bonchev–Trinajstić information content (AvgIpc) is 2.77. The van der Waals surface area contributed by atoms with Gasteiger partial charge in [-0.15, -0.1) is 0 Å². The van der Waals surface area contributed by atoms with Crippen LogP contribution in [0.1, 0.15) is 61.5 Å². The molecule has 2 aromatic rings. The number of carbonyl (C=O) groups is 1. The van der Waals surface area contributed by atoms with E-state index < -0.39 is 59.8 Å². The summed E-state index contributed by atoms with van der Waals surface area (Å²) < 4.78 is 87.0. The van der Waals surface area contributed by atoms with E-state index in [-0.39, 0.29) is 36.5 Å². The largest absolute Gasteiger partial charge is 0.387 e. The molecule has 0 spiro atoms. The zero-order chi connectivity index (χ0) is 25.1. The standard InChI is InChI=1S/C23H24F6N4O/c1-21(23(28,29)11-10-22(26,27)9-3-2-4-19(30)33-21)16-12-15(6-7-17(16)25)32-20(34)18-8-5-14(24)13-31-18/h5-8,12-13H,2-4,9-11H2,1H3,(H2,30,33)(H,32,34). The number of aromatic nitrogens is 1. The fourth-order valence-electron chi connectivity index (χ4n) is 3.76. The number of amidine groups is 1. The van der Waals surface area contributed by atoms with Crippen molar-refractivity contribution in [3.05, 3.63) is 59.4 Å². The molecule has 3 N–H and O–H groups in total. The van der Waals surface area contributed by atoms with Crippen LogP contribution in [0.25, 0.3) is 0 Å². The van der Waals surface area contributed by atoms with Crippen LogP contribution in [0.5, 0.6) is 0 Å². The van der Waals surface area contributed by atoms with Gasteiger partial charge in [-0.25, -0.2) is 31.3 Å². The third kappa shape index (κ3) is 5.68. The van der Waals surface area contributed by atoms with Crippen molar-refractivity contribution in [2.75, 3.05) is 5.32 Å². The van der Waals surface area contributed by atoms with Crippen molar-refractivity contribution in [1.82, 2.24) is 4.98 Å². The number of benzene rings is 1. The van der Waals surface area contributed by atoms with Crippen LogP contribution in [-0.2, 0) is 5.54 Å². The molecule has 1 aromatic carbocycles. The van der Waals surface area contributed by atoms with Gasteiger partial charge in [-0.2, -0.15) is 0 Å². The number of nitrogens with two attached hydrogens (primary N) is 1. The van der Waals surface area contributed by atoms with Gasteiger partial charge in [0, 0.05) is 36.9 Å². The second-order valence-corrected chi connectivity index (χ2v) is 8.45. The second kappa shape index (κ2) is 9.63. The maximum atomic E-state index is 15.4. The topological polar surface area (TPSA) is 80.4 Å². The van der Waals surface area contributed by atoms with Gasteiger partial charge in [0.2, 0.25) is 5.92 Å². The molecule has 34 heavy (non-hydrogen) atoms. The summed E-state index contributed by atoms with van der Waals surface area (Å²) in [6, 6.07) is 5.07. The zero-order valence-electron chi connectivity index (χ0n) is 18.4. The Morgan fingerprint density at radius 1 is 1.03 bits per heavy atom. The van der Waals surface area contributed by atoms with Crippen LogP contribution in [0.15, 0.2) is 41.5 Å². The molecule has 1 aliphatic rings. The minimum Gasteiger partial charge on any atom is -0.387 e. The van der Waals surface area contributed by atoms with E-state index in [1.807, 2.05) is 0 Å². The highest BCUT2D eigenvalue weighted by Gasteiger charge is 2.54. The molecule has 1 amide bonds. The summed E-state index contributed by atoms with van der Waals surface area (Å²) in [7, 11) is 0. The highest BCUT2D eigenvalue weighted by molar-refractivity contribution is 6.02. The number of aliphatic imine (C=N–C) groups is 1. The molecule has 5 nitrogen and oxygen atoms in total. The van der Waals surface area contributed by atoms with Gasteiger partial charge >= 0.3 is 0 Å². The van der Waals surface area contributed by atoms with E-state index in [1.165, 1.54) is 0 Å². The van der Waals surface area contributed by atoms with Gasteiger partial charge in [0.25, 0.3) is 11.8 Å². The Labute approximate surface area is 192 Å². The zero-order valence-corrected chi connectivity index (χ0v) is 18.4. The summed E-state index contributed by atoms with van der Waals surface area (Å²) in [4.78, 5) is 19.9. The molecule has 1 atom stereocenters. The minimum absolute atomic E-state index is 0.00394. The van der Waals surface area contributed by atoms with Crippen molar-refractivity contribution in [2.45, 2.75) is 62.8 Å². The van der Waals surface area contributed by atoms with Crippen molar-refractivity contribution in [3.8, 4) is 0 Å². The van der Waals surface area contributed by atoms with E-state index in [9.17, 15) is 22.4 Å². The predicted molar refractivity (Wildman–Crippen MR) is 115 cm³/mol. The summed E-state index contributed by atoms with van der Waals surface area (Å²) in [6.07, 6.45) is -1.78. The molecular weight excluding hydrogens is 462 g/mol. The molecule has 184 valence electrons. The third-order valence-corrected chi connectivity index (χ3v) is 5.82.